The van der Waals surface area contributed by atoms with Crippen LogP contribution >= 0.6 is 0 Å². The third-order valence-electron chi connectivity index (χ3n) is 3.58. The summed E-state index contributed by atoms with van der Waals surface area (Å²) in [6, 6.07) is 13.0. The molecule has 5 nitrogen and oxygen atoms in total. The van der Waals surface area contributed by atoms with Crippen molar-refractivity contribution in [3.63, 3.8) is 0 Å². The number of nitrogens with one attached hydrogen (secondary N) is 1. The van der Waals surface area contributed by atoms with Crippen molar-refractivity contribution < 1.29 is 19.0 Å². The Morgan fingerprint density at radius 3 is 2.33 bits per heavy atom. The average Bonchev–Trinajstić information content (AvgIpc) is 2.64. The number of carbonyl (C=O) groups excluding carboxylic acids is 1. The molecule has 2 aromatic rings. The fourth-order valence-corrected chi connectivity index (χ4v) is 2.23. The molecule has 0 aromatic heterocycles. The van der Waals surface area contributed by atoms with Gasteiger partial charge < -0.3 is 19.5 Å². The molecule has 5 heteroatoms. The second-order valence-corrected chi connectivity index (χ2v) is 5.21. The monoisotopic (exact) mass is 329 g/mol. The lowest BCUT2D eigenvalue weighted by Crippen LogP contribution is -2.28. The summed E-state index contributed by atoms with van der Waals surface area (Å²) in [5.41, 5.74) is 1.71. The van der Waals surface area contributed by atoms with Crippen molar-refractivity contribution in [1.29, 1.82) is 0 Å². The molecule has 0 saturated heterocycles. The van der Waals surface area contributed by atoms with Crippen LogP contribution in [0, 0.1) is 0 Å². The molecule has 0 saturated carbocycles. The Labute approximate surface area is 142 Å². The van der Waals surface area contributed by atoms with Gasteiger partial charge in [-0.25, -0.2) is 0 Å². The lowest BCUT2D eigenvalue weighted by Gasteiger charge is -2.10. The highest BCUT2D eigenvalue weighted by Gasteiger charge is 2.09. The molecule has 1 amide bonds. The number of aryl methyl sites for hydroxylation is 1. The fraction of sp³-hybridized carbons (Fsp3) is 0.316. The van der Waals surface area contributed by atoms with Crippen LogP contribution in [0.15, 0.2) is 42.5 Å². The highest BCUT2D eigenvalue weighted by atomic mass is 16.5. The van der Waals surface area contributed by atoms with E-state index >= 15 is 0 Å². The van der Waals surface area contributed by atoms with Gasteiger partial charge in [0, 0.05) is 11.6 Å². The molecule has 0 radical (unpaired) electrons. The van der Waals surface area contributed by atoms with Gasteiger partial charge >= 0.3 is 0 Å². The third kappa shape index (κ3) is 4.91. The summed E-state index contributed by atoms with van der Waals surface area (Å²) in [4.78, 5) is 12.2. The van der Waals surface area contributed by atoms with E-state index in [2.05, 4.69) is 18.3 Å². The van der Waals surface area contributed by atoms with Gasteiger partial charge in [-0.15, -0.1) is 0 Å². The van der Waals surface area contributed by atoms with Gasteiger partial charge in [0.1, 0.15) is 23.9 Å². The maximum absolute atomic E-state index is 12.2. The van der Waals surface area contributed by atoms with Crippen molar-refractivity contribution in [3.05, 3.63) is 53.6 Å². The SMILES string of the molecule is CCc1cccc(OCCNC(=O)c2cc(OC)cc(OC)c2)c1. The molecule has 0 spiro atoms. The summed E-state index contributed by atoms with van der Waals surface area (Å²) in [7, 11) is 3.10. The zero-order valence-electron chi connectivity index (χ0n) is 14.3. The summed E-state index contributed by atoms with van der Waals surface area (Å²) < 4.78 is 16.0. The van der Waals surface area contributed by atoms with E-state index in [9.17, 15) is 4.79 Å². The number of amides is 1. The number of rotatable bonds is 8. The lowest BCUT2D eigenvalue weighted by atomic mass is 10.2. The second kappa shape index (κ2) is 8.82. The van der Waals surface area contributed by atoms with E-state index in [4.69, 9.17) is 14.2 Å². The summed E-state index contributed by atoms with van der Waals surface area (Å²) in [5.74, 6) is 1.77. The Balaban J connectivity index is 1.86. The predicted molar refractivity (Wildman–Crippen MR) is 93.2 cm³/mol. The van der Waals surface area contributed by atoms with Gasteiger partial charge in [0.25, 0.3) is 5.91 Å². The van der Waals surface area contributed by atoms with E-state index in [1.807, 2.05) is 18.2 Å². The van der Waals surface area contributed by atoms with Crippen LogP contribution in [0.25, 0.3) is 0 Å². The summed E-state index contributed by atoms with van der Waals surface area (Å²) in [6.07, 6.45) is 0.964. The predicted octanol–water partition coefficient (Wildman–Crippen LogP) is 3.08. The average molecular weight is 329 g/mol. The van der Waals surface area contributed by atoms with E-state index in [-0.39, 0.29) is 5.91 Å². The molecule has 0 bridgehead atoms. The van der Waals surface area contributed by atoms with Crippen LogP contribution in [0.3, 0.4) is 0 Å². The minimum atomic E-state index is -0.196. The van der Waals surface area contributed by atoms with Crippen molar-refractivity contribution in [2.75, 3.05) is 27.4 Å². The molecular formula is C19H23NO4. The Hall–Kier alpha value is -2.69. The third-order valence-corrected chi connectivity index (χ3v) is 3.58. The molecule has 128 valence electrons. The molecule has 24 heavy (non-hydrogen) atoms. The first-order chi connectivity index (χ1) is 11.7. The van der Waals surface area contributed by atoms with Gasteiger partial charge in [-0.05, 0) is 36.2 Å². The minimum Gasteiger partial charge on any atom is -0.497 e. The topological polar surface area (TPSA) is 56.8 Å². The number of ether oxygens (including phenoxy) is 3. The highest BCUT2D eigenvalue weighted by Crippen LogP contribution is 2.22. The Bertz CT molecular complexity index is 663. The van der Waals surface area contributed by atoms with E-state index in [0.29, 0.717) is 30.2 Å². The second-order valence-electron chi connectivity index (χ2n) is 5.21. The first kappa shape index (κ1) is 17.7. The normalized spacial score (nSPS) is 10.1. The van der Waals surface area contributed by atoms with Crippen LogP contribution in [0.2, 0.25) is 0 Å². The van der Waals surface area contributed by atoms with Crippen molar-refractivity contribution in [2.45, 2.75) is 13.3 Å². The van der Waals surface area contributed by atoms with Crippen molar-refractivity contribution in [2.24, 2.45) is 0 Å². The largest absolute Gasteiger partial charge is 0.497 e. The maximum Gasteiger partial charge on any atom is 0.251 e. The van der Waals surface area contributed by atoms with Crippen LogP contribution in [0.5, 0.6) is 17.2 Å². The van der Waals surface area contributed by atoms with Gasteiger partial charge in [-0.2, -0.15) is 0 Å². The maximum atomic E-state index is 12.2. The molecule has 0 atom stereocenters. The molecule has 0 heterocycles. The molecule has 0 unspecified atom stereocenters. The van der Waals surface area contributed by atoms with Crippen LogP contribution in [-0.4, -0.2) is 33.3 Å². The van der Waals surface area contributed by atoms with Crippen LogP contribution in [0.4, 0.5) is 0 Å². The lowest BCUT2D eigenvalue weighted by molar-refractivity contribution is 0.0946. The van der Waals surface area contributed by atoms with E-state index < -0.39 is 0 Å². The smallest absolute Gasteiger partial charge is 0.251 e. The number of benzene rings is 2. The number of hydrogen-bond donors (Lipinski definition) is 1. The van der Waals surface area contributed by atoms with E-state index in [0.717, 1.165) is 12.2 Å². The molecular weight excluding hydrogens is 306 g/mol. The van der Waals surface area contributed by atoms with Crippen LogP contribution in [0.1, 0.15) is 22.8 Å². The van der Waals surface area contributed by atoms with Crippen molar-refractivity contribution in [1.82, 2.24) is 5.32 Å². The molecule has 2 rings (SSSR count). The highest BCUT2D eigenvalue weighted by molar-refractivity contribution is 5.95. The molecule has 0 fully saturated rings. The summed E-state index contributed by atoms with van der Waals surface area (Å²) in [5, 5.41) is 2.83. The molecule has 0 aliphatic carbocycles. The molecule has 2 aromatic carbocycles. The number of carbonyl (C=O) groups is 1. The van der Waals surface area contributed by atoms with E-state index in [1.54, 1.807) is 32.4 Å². The van der Waals surface area contributed by atoms with Gasteiger partial charge in [0.05, 0.1) is 20.8 Å². The Morgan fingerprint density at radius 2 is 1.71 bits per heavy atom. The van der Waals surface area contributed by atoms with Crippen LogP contribution < -0.4 is 19.5 Å². The summed E-state index contributed by atoms with van der Waals surface area (Å²) >= 11 is 0. The van der Waals surface area contributed by atoms with Crippen molar-refractivity contribution in [3.8, 4) is 17.2 Å². The van der Waals surface area contributed by atoms with Crippen molar-refractivity contribution >= 4 is 5.91 Å². The molecule has 0 aliphatic heterocycles. The molecule has 1 N–H and O–H groups in total. The van der Waals surface area contributed by atoms with Crippen LogP contribution in [-0.2, 0) is 6.42 Å². The van der Waals surface area contributed by atoms with Gasteiger partial charge in [0.2, 0.25) is 0 Å². The minimum absolute atomic E-state index is 0.196. The Kier molecular flexibility index (Phi) is 6.49. The van der Waals surface area contributed by atoms with Gasteiger partial charge in [-0.1, -0.05) is 19.1 Å². The zero-order chi connectivity index (χ0) is 17.4. The summed E-state index contributed by atoms with van der Waals surface area (Å²) in [6.45, 7) is 2.91. The molecule has 0 aliphatic rings. The van der Waals surface area contributed by atoms with Gasteiger partial charge in [-0.3, -0.25) is 4.79 Å². The first-order valence-corrected chi connectivity index (χ1v) is 7.89. The van der Waals surface area contributed by atoms with Gasteiger partial charge in [0.15, 0.2) is 0 Å². The fourth-order valence-electron chi connectivity index (χ4n) is 2.23. The zero-order valence-corrected chi connectivity index (χ0v) is 14.3. The number of methoxy groups -OCH3 is 2. The van der Waals surface area contributed by atoms with E-state index in [1.165, 1.54) is 5.56 Å². The standard InChI is InChI=1S/C19H23NO4/c1-4-14-6-5-7-16(10-14)24-9-8-20-19(21)15-11-17(22-2)13-18(12-15)23-3/h5-7,10-13H,4,8-9H2,1-3H3,(H,20,21). The Morgan fingerprint density at radius 1 is 1.00 bits per heavy atom. The first-order valence-electron chi connectivity index (χ1n) is 7.89. The number of hydrogen-bond acceptors (Lipinski definition) is 4. The quantitative estimate of drug-likeness (QED) is 0.756.